The molecule has 0 heterocycles. The highest BCUT2D eigenvalue weighted by molar-refractivity contribution is 6.27. The van der Waals surface area contributed by atoms with E-state index in [1.807, 2.05) is 20.3 Å². The molecule has 0 bridgehead atoms. The van der Waals surface area contributed by atoms with Crippen LogP contribution in [0, 0.1) is 23.2 Å². The second-order valence-electron chi connectivity index (χ2n) is 10.9. The first-order valence-corrected chi connectivity index (χ1v) is 12.7. The number of hydrogen-bond acceptors (Lipinski definition) is 6. The van der Waals surface area contributed by atoms with Crippen LogP contribution in [-0.4, -0.2) is 71.2 Å². The highest BCUT2D eigenvalue weighted by Crippen LogP contribution is 2.61. The molecule has 3 aliphatic carbocycles. The molecule has 3 saturated carbocycles. The van der Waals surface area contributed by atoms with Gasteiger partial charge in [-0.15, -0.1) is 0 Å². The van der Waals surface area contributed by atoms with E-state index in [1.54, 1.807) is 0 Å². The van der Waals surface area contributed by atoms with Crippen molar-refractivity contribution in [2.75, 3.05) is 27.2 Å². The van der Waals surface area contributed by atoms with E-state index in [0.717, 1.165) is 49.6 Å². The zero-order chi connectivity index (χ0) is 25.4. The number of rotatable bonds is 7. The molecule has 8 nitrogen and oxygen atoms in total. The molecule has 0 amide bonds. The van der Waals surface area contributed by atoms with Gasteiger partial charge in [0.05, 0.1) is 11.8 Å². The van der Waals surface area contributed by atoms with Crippen LogP contribution >= 0.6 is 0 Å². The van der Waals surface area contributed by atoms with Crippen LogP contribution in [0.15, 0.2) is 16.8 Å². The summed E-state index contributed by atoms with van der Waals surface area (Å²) in [5, 5.41) is 30.6. The Balaban J connectivity index is 0.000000604. The SMILES string of the molecule is CC(/C=N/OCCN(C)C)=C\[C@H]1CC[C@]2(O)C[C@@H](C3CCCCC3)CC[C@]12C.O=C(O)C(=O)O. The molecular formula is C26H44N2O6. The lowest BCUT2D eigenvalue weighted by atomic mass is 9.57. The lowest BCUT2D eigenvalue weighted by Gasteiger charge is -2.51. The number of fused-ring (bicyclic) bond motifs is 1. The van der Waals surface area contributed by atoms with Gasteiger partial charge in [-0.1, -0.05) is 50.3 Å². The van der Waals surface area contributed by atoms with Crippen molar-refractivity contribution in [1.29, 1.82) is 0 Å². The van der Waals surface area contributed by atoms with Crippen LogP contribution in [0.2, 0.25) is 0 Å². The third kappa shape index (κ3) is 7.54. The van der Waals surface area contributed by atoms with Gasteiger partial charge in [-0.25, -0.2) is 9.59 Å². The summed E-state index contributed by atoms with van der Waals surface area (Å²) in [4.78, 5) is 25.6. The van der Waals surface area contributed by atoms with Crippen LogP contribution < -0.4 is 0 Å². The average molecular weight is 481 g/mol. The van der Waals surface area contributed by atoms with E-state index in [4.69, 9.17) is 24.6 Å². The third-order valence-electron chi connectivity index (χ3n) is 8.31. The van der Waals surface area contributed by atoms with Gasteiger partial charge in [-0.05, 0) is 76.5 Å². The van der Waals surface area contributed by atoms with Crippen LogP contribution in [0.4, 0.5) is 0 Å². The first-order chi connectivity index (χ1) is 16.0. The minimum atomic E-state index is -1.82. The van der Waals surface area contributed by atoms with Gasteiger partial charge in [0.2, 0.25) is 0 Å². The summed E-state index contributed by atoms with van der Waals surface area (Å²) >= 11 is 0. The molecule has 0 aromatic rings. The molecule has 0 aromatic carbocycles. The van der Waals surface area contributed by atoms with E-state index in [0.29, 0.717) is 12.5 Å². The van der Waals surface area contributed by atoms with Gasteiger partial charge in [-0.2, -0.15) is 0 Å². The van der Waals surface area contributed by atoms with Crippen LogP contribution in [0.25, 0.3) is 0 Å². The Morgan fingerprint density at radius 3 is 2.26 bits per heavy atom. The van der Waals surface area contributed by atoms with Gasteiger partial charge in [0.1, 0.15) is 6.61 Å². The van der Waals surface area contributed by atoms with Gasteiger partial charge in [0, 0.05) is 12.0 Å². The first kappa shape index (κ1) is 28.3. The van der Waals surface area contributed by atoms with Crippen molar-refractivity contribution < 1.29 is 29.7 Å². The Kier molecular flexibility index (Phi) is 10.6. The molecule has 0 radical (unpaired) electrons. The molecular weight excluding hydrogens is 436 g/mol. The molecule has 0 aliphatic heterocycles. The Hall–Kier alpha value is -1.93. The van der Waals surface area contributed by atoms with E-state index in [-0.39, 0.29) is 5.41 Å². The Bertz CT molecular complexity index is 734. The van der Waals surface area contributed by atoms with Crippen LogP contribution in [0.1, 0.15) is 78.1 Å². The summed E-state index contributed by atoms with van der Waals surface area (Å²) in [6.45, 7) is 5.93. The standard InChI is InChI=1S/C24H42N2O2.C2H2O4/c1-19(18-25-28-15-14-26(3)4)16-22-11-13-24(27)17-21(10-12-23(22,24)2)20-8-6-5-7-9-20;3-1(4)2(5)6/h16,18,20-22,27H,5-15,17H2,1-4H3;(H,3,4)(H,5,6)/b19-16+,25-18+;/t21-,22+,23+,24-;/m0./s1. The predicted molar refractivity (Wildman–Crippen MR) is 132 cm³/mol. The molecule has 0 saturated heterocycles. The van der Waals surface area contributed by atoms with Crippen molar-refractivity contribution in [2.24, 2.45) is 28.3 Å². The highest BCUT2D eigenvalue weighted by atomic mass is 16.6. The number of allylic oxidation sites excluding steroid dienone is 2. The zero-order valence-electron chi connectivity index (χ0n) is 21.3. The summed E-state index contributed by atoms with van der Waals surface area (Å²) in [7, 11) is 4.06. The van der Waals surface area contributed by atoms with Gasteiger partial charge in [0.25, 0.3) is 0 Å². The fourth-order valence-electron chi connectivity index (χ4n) is 6.15. The van der Waals surface area contributed by atoms with E-state index in [2.05, 4.69) is 30.0 Å². The quantitative estimate of drug-likeness (QED) is 0.216. The van der Waals surface area contributed by atoms with E-state index < -0.39 is 17.5 Å². The number of aliphatic hydroxyl groups is 1. The number of carbonyl (C=O) groups is 2. The van der Waals surface area contributed by atoms with Gasteiger partial charge in [0.15, 0.2) is 0 Å². The van der Waals surface area contributed by atoms with Crippen LogP contribution in [0.3, 0.4) is 0 Å². The van der Waals surface area contributed by atoms with E-state index in [9.17, 15) is 5.11 Å². The lowest BCUT2D eigenvalue weighted by Crippen LogP contribution is -2.50. The molecule has 3 N–H and O–H groups in total. The van der Waals surface area contributed by atoms with Crippen LogP contribution in [-0.2, 0) is 14.4 Å². The summed E-state index contributed by atoms with van der Waals surface area (Å²) in [6, 6.07) is 0. The minimum Gasteiger partial charge on any atom is -0.473 e. The maximum absolute atomic E-state index is 11.7. The maximum atomic E-state index is 11.7. The first-order valence-electron chi connectivity index (χ1n) is 12.7. The predicted octanol–water partition coefficient (Wildman–Crippen LogP) is 4.18. The fourth-order valence-corrected chi connectivity index (χ4v) is 6.15. The number of carboxylic acid groups (broad SMARTS) is 2. The van der Waals surface area contributed by atoms with Crippen molar-refractivity contribution >= 4 is 18.2 Å². The van der Waals surface area contributed by atoms with Crippen molar-refractivity contribution in [3.8, 4) is 0 Å². The molecule has 4 atom stereocenters. The van der Waals surface area contributed by atoms with E-state index in [1.165, 1.54) is 38.5 Å². The highest BCUT2D eigenvalue weighted by Gasteiger charge is 2.58. The summed E-state index contributed by atoms with van der Waals surface area (Å²) < 4.78 is 0. The molecule has 0 unspecified atom stereocenters. The van der Waals surface area contributed by atoms with Gasteiger partial charge in [-0.3, -0.25) is 0 Å². The fraction of sp³-hybridized carbons (Fsp3) is 0.808. The monoisotopic (exact) mass is 480 g/mol. The number of hydrogen-bond donors (Lipinski definition) is 3. The zero-order valence-corrected chi connectivity index (χ0v) is 21.3. The Morgan fingerprint density at radius 2 is 1.68 bits per heavy atom. The second-order valence-corrected chi connectivity index (χ2v) is 10.9. The molecule has 3 aliphatic rings. The summed E-state index contributed by atoms with van der Waals surface area (Å²) in [5.41, 5.74) is 0.683. The maximum Gasteiger partial charge on any atom is 0.414 e. The lowest BCUT2D eigenvalue weighted by molar-refractivity contribution is -0.159. The second kappa shape index (κ2) is 12.7. The van der Waals surface area contributed by atoms with Crippen molar-refractivity contribution in [2.45, 2.75) is 83.7 Å². The molecule has 8 heteroatoms. The number of nitrogens with zero attached hydrogens (tertiary/aromatic N) is 2. The summed E-state index contributed by atoms with van der Waals surface area (Å²) in [5.74, 6) is -1.60. The third-order valence-corrected chi connectivity index (χ3v) is 8.31. The van der Waals surface area contributed by atoms with Gasteiger partial charge < -0.3 is 25.1 Å². The van der Waals surface area contributed by atoms with E-state index >= 15 is 0 Å². The number of likely N-dealkylation sites (N-methyl/N-ethyl adjacent to an activating group) is 1. The normalized spacial score (nSPS) is 32.2. The van der Waals surface area contributed by atoms with Gasteiger partial charge >= 0.3 is 11.9 Å². The average Bonchev–Trinajstić information content (AvgIpc) is 3.04. The number of oxime groups is 1. The topological polar surface area (TPSA) is 120 Å². The Labute approximate surface area is 204 Å². The molecule has 0 aromatic heterocycles. The van der Waals surface area contributed by atoms with Crippen molar-refractivity contribution in [3.05, 3.63) is 11.6 Å². The minimum absolute atomic E-state index is 0.0129. The number of aliphatic carboxylic acids is 2. The molecule has 3 rings (SSSR count). The molecule has 0 spiro atoms. The van der Waals surface area contributed by atoms with Crippen molar-refractivity contribution in [1.82, 2.24) is 4.90 Å². The smallest absolute Gasteiger partial charge is 0.414 e. The molecule has 34 heavy (non-hydrogen) atoms. The largest absolute Gasteiger partial charge is 0.473 e. The number of carboxylic acids is 2. The molecule has 194 valence electrons. The van der Waals surface area contributed by atoms with Crippen LogP contribution in [0.5, 0.6) is 0 Å². The Morgan fingerprint density at radius 1 is 1.03 bits per heavy atom. The van der Waals surface area contributed by atoms with Crippen molar-refractivity contribution in [3.63, 3.8) is 0 Å². The summed E-state index contributed by atoms with van der Waals surface area (Å²) in [6.07, 6.45) is 16.7. The molecule has 3 fully saturated rings.